The van der Waals surface area contributed by atoms with Crippen molar-refractivity contribution in [2.24, 2.45) is 5.92 Å². The van der Waals surface area contributed by atoms with Crippen molar-refractivity contribution in [1.29, 1.82) is 0 Å². The van der Waals surface area contributed by atoms with Crippen LogP contribution in [0.2, 0.25) is 0 Å². The Balaban J connectivity index is 1.92. The van der Waals surface area contributed by atoms with Gasteiger partial charge in [-0.2, -0.15) is 4.98 Å². The van der Waals surface area contributed by atoms with Crippen molar-refractivity contribution >= 4 is 0 Å². The van der Waals surface area contributed by atoms with Crippen LogP contribution in [0.4, 0.5) is 0 Å². The molecule has 0 N–H and O–H groups in total. The highest BCUT2D eigenvalue weighted by molar-refractivity contribution is 5.06. The molecule has 4 nitrogen and oxygen atoms in total. The Bertz CT molecular complexity index is 352. The van der Waals surface area contributed by atoms with Crippen molar-refractivity contribution < 1.29 is 4.52 Å². The van der Waals surface area contributed by atoms with Gasteiger partial charge in [0.15, 0.2) is 5.82 Å². The Morgan fingerprint density at radius 2 is 2.07 bits per heavy atom. The van der Waals surface area contributed by atoms with Crippen LogP contribution in [-0.4, -0.2) is 34.2 Å². The van der Waals surface area contributed by atoms with Crippen molar-refractivity contribution in [3.8, 4) is 0 Å². The summed E-state index contributed by atoms with van der Waals surface area (Å²) in [5, 5.41) is 3.91. The van der Waals surface area contributed by atoms with Crippen LogP contribution in [0, 0.1) is 12.8 Å². The average molecular weight is 207 g/mol. The topological polar surface area (TPSA) is 42.2 Å². The summed E-state index contributed by atoms with van der Waals surface area (Å²) >= 11 is 0. The van der Waals surface area contributed by atoms with Gasteiger partial charge in [0.25, 0.3) is 0 Å². The first-order valence-electron chi connectivity index (χ1n) is 5.80. The summed E-state index contributed by atoms with van der Waals surface area (Å²) in [6.45, 7) is 6.67. The van der Waals surface area contributed by atoms with Crippen LogP contribution < -0.4 is 0 Å². The fraction of sp³-hybridized carbons (Fsp3) is 0.818. The second kappa shape index (κ2) is 3.30. The lowest BCUT2D eigenvalue weighted by Gasteiger charge is -2.48. The van der Waals surface area contributed by atoms with Gasteiger partial charge in [-0.3, -0.25) is 4.90 Å². The first-order chi connectivity index (χ1) is 7.25. The van der Waals surface area contributed by atoms with Gasteiger partial charge >= 0.3 is 0 Å². The lowest BCUT2D eigenvalue weighted by Crippen LogP contribution is -2.52. The summed E-state index contributed by atoms with van der Waals surface area (Å²) in [4.78, 5) is 6.94. The molecule has 3 aliphatic heterocycles. The SMILES string of the molecule is Cc1noc(C2C3CCN(CC3)C2C)n1. The van der Waals surface area contributed by atoms with Gasteiger partial charge in [0.1, 0.15) is 0 Å². The van der Waals surface area contributed by atoms with E-state index in [0.717, 1.165) is 17.6 Å². The molecule has 0 aliphatic carbocycles. The second-order valence-corrected chi connectivity index (χ2v) is 4.82. The van der Waals surface area contributed by atoms with Gasteiger partial charge in [-0.25, -0.2) is 0 Å². The molecule has 1 aromatic heterocycles. The van der Waals surface area contributed by atoms with E-state index in [1.165, 1.54) is 25.9 Å². The predicted molar refractivity (Wildman–Crippen MR) is 55.5 cm³/mol. The summed E-state index contributed by atoms with van der Waals surface area (Å²) in [7, 11) is 0. The molecule has 82 valence electrons. The highest BCUT2D eigenvalue weighted by Crippen LogP contribution is 2.42. The summed E-state index contributed by atoms with van der Waals surface area (Å²) in [5.74, 6) is 2.83. The van der Waals surface area contributed by atoms with Crippen LogP contribution >= 0.6 is 0 Å². The van der Waals surface area contributed by atoms with Gasteiger partial charge in [-0.1, -0.05) is 5.16 Å². The first kappa shape index (κ1) is 9.33. The molecular formula is C11H17N3O. The monoisotopic (exact) mass is 207 g/mol. The molecular weight excluding hydrogens is 190 g/mol. The maximum Gasteiger partial charge on any atom is 0.231 e. The van der Waals surface area contributed by atoms with E-state index in [-0.39, 0.29) is 0 Å². The Morgan fingerprint density at radius 1 is 1.33 bits per heavy atom. The summed E-state index contributed by atoms with van der Waals surface area (Å²) in [5.41, 5.74) is 0. The molecule has 2 bridgehead atoms. The molecule has 0 radical (unpaired) electrons. The maximum atomic E-state index is 5.34. The van der Waals surface area contributed by atoms with Crippen LogP contribution in [0.5, 0.6) is 0 Å². The van der Waals surface area contributed by atoms with Crippen molar-refractivity contribution in [2.45, 2.75) is 38.6 Å². The van der Waals surface area contributed by atoms with Crippen LogP contribution in [0.25, 0.3) is 0 Å². The van der Waals surface area contributed by atoms with E-state index >= 15 is 0 Å². The fourth-order valence-corrected chi connectivity index (χ4v) is 3.16. The van der Waals surface area contributed by atoms with E-state index in [0.29, 0.717) is 12.0 Å². The molecule has 0 amide bonds. The summed E-state index contributed by atoms with van der Waals surface area (Å²) < 4.78 is 5.34. The number of fused-ring (bicyclic) bond motifs is 3. The van der Waals surface area contributed by atoms with Crippen molar-refractivity contribution in [1.82, 2.24) is 15.0 Å². The largest absolute Gasteiger partial charge is 0.339 e. The molecule has 3 aliphatic rings. The van der Waals surface area contributed by atoms with Gasteiger partial charge in [0.05, 0.1) is 5.92 Å². The molecule has 3 fully saturated rings. The normalized spacial score (nSPS) is 39.6. The number of rotatable bonds is 1. The average Bonchev–Trinajstić information content (AvgIpc) is 2.66. The zero-order valence-corrected chi connectivity index (χ0v) is 9.31. The third-order valence-corrected chi connectivity index (χ3v) is 4.01. The van der Waals surface area contributed by atoms with Crippen LogP contribution in [0.3, 0.4) is 0 Å². The minimum absolute atomic E-state index is 0.466. The van der Waals surface area contributed by atoms with E-state index in [1.807, 2.05) is 6.92 Å². The molecule has 15 heavy (non-hydrogen) atoms. The lowest BCUT2D eigenvalue weighted by molar-refractivity contribution is 0.0227. The molecule has 2 atom stereocenters. The highest BCUT2D eigenvalue weighted by atomic mass is 16.5. The molecule has 0 spiro atoms. The molecule has 4 heterocycles. The standard InChI is InChI=1S/C11H17N3O/c1-7-10(11-12-8(2)13-15-11)9-3-5-14(7)6-4-9/h7,9-10H,3-6H2,1-2H3. The van der Waals surface area contributed by atoms with Crippen molar-refractivity contribution in [3.63, 3.8) is 0 Å². The number of aryl methyl sites for hydroxylation is 1. The zero-order valence-electron chi connectivity index (χ0n) is 9.31. The lowest BCUT2D eigenvalue weighted by atomic mass is 9.74. The van der Waals surface area contributed by atoms with E-state index < -0.39 is 0 Å². The summed E-state index contributed by atoms with van der Waals surface area (Å²) in [6, 6.07) is 0.567. The third kappa shape index (κ3) is 1.39. The quantitative estimate of drug-likeness (QED) is 0.701. The molecule has 1 aromatic rings. The Hall–Kier alpha value is -0.900. The highest BCUT2D eigenvalue weighted by Gasteiger charge is 2.43. The van der Waals surface area contributed by atoms with Crippen molar-refractivity contribution in [2.75, 3.05) is 13.1 Å². The van der Waals surface area contributed by atoms with Crippen molar-refractivity contribution in [3.05, 3.63) is 11.7 Å². The Morgan fingerprint density at radius 3 is 2.60 bits per heavy atom. The molecule has 0 saturated carbocycles. The van der Waals surface area contributed by atoms with Gasteiger partial charge in [-0.15, -0.1) is 0 Å². The first-order valence-corrected chi connectivity index (χ1v) is 5.80. The molecule has 2 unspecified atom stereocenters. The minimum atomic E-state index is 0.466. The van der Waals surface area contributed by atoms with Gasteiger partial charge < -0.3 is 4.52 Å². The van der Waals surface area contributed by atoms with Gasteiger partial charge in [0.2, 0.25) is 5.89 Å². The van der Waals surface area contributed by atoms with Crippen LogP contribution in [0.1, 0.15) is 37.4 Å². The molecule has 4 rings (SSSR count). The third-order valence-electron chi connectivity index (χ3n) is 4.01. The smallest absolute Gasteiger partial charge is 0.231 e. The number of aromatic nitrogens is 2. The van der Waals surface area contributed by atoms with E-state index in [9.17, 15) is 0 Å². The Labute approximate surface area is 89.6 Å². The number of piperidine rings is 3. The van der Waals surface area contributed by atoms with E-state index in [1.54, 1.807) is 0 Å². The van der Waals surface area contributed by atoms with E-state index in [2.05, 4.69) is 22.0 Å². The maximum absolute atomic E-state index is 5.34. The molecule has 3 saturated heterocycles. The Kier molecular flexibility index (Phi) is 2.06. The number of hydrogen-bond acceptors (Lipinski definition) is 4. The second-order valence-electron chi connectivity index (χ2n) is 4.82. The minimum Gasteiger partial charge on any atom is -0.339 e. The number of nitrogens with zero attached hydrogens (tertiary/aromatic N) is 3. The number of hydrogen-bond donors (Lipinski definition) is 0. The molecule has 0 aromatic carbocycles. The van der Waals surface area contributed by atoms with E-state index in [4.69, 9.17) is 4.52 Å². The zero-order chi connectivity index (χ0) is 10.4. The molecule has 4 heteroatoms. The van der Waals surface area contributed by atoms with Gasteiger partial charge in [0, 0.05) is 6.04 Å². The fourth-order valence-electron chi connectivity index (χ4n) is 3.16. The summed E-state index contributed by atoms with van der Waals surface area (Å²) in [6.07, 6.45) is 2.58. The van der Waals surface area contributed by atoms with Gasteiger partial charge in [-0.05, 0) is 45.7 Å². The van der Waals surface area contributed by atoms with Crippen LogP contribution in [0.15, 0.2) is 4.52 Å². The predicted octanol–water partition coefficient (Wildman–Crippen LogP) is 1.58. The van der Waals surface area contributed by atoms with Crippen LogP contribution in [-0.2, 0) is 0 Å².